The lowest BCUT2D eigenvalue weighted by atomic mass is 10.2. The molecule has 0 bridgehead atoms. The number of nitrogens with two attached hydrogens (primary N) is 1. The van der Waals surface area contributed by atoms with E-state index >= 15 is 0 Å². The van der Waals surface area contributed by atoms with Gasteiger partial charge in [0.2, 0.25) is 10.0 Å². The van der Waals surface area contributed by atoms with Crippen molar-refractivity contribution in [2.75, 3.05) is 18.9 Å². The highest BCUT2D eigenvalue weighted by Gasteiger charge is 2.21. The van der Waals surface area contributed by atoms with Crippen LogP contribution in [0.5, 0.6) is 0 Å². The minimum absolute atomic E-state index is 0.156. The Bertz CT molecular complexity index is 526. The summed E-state index contributed by atoms with van der Waals surface area (Å²) in [6.07, 6.45) is 0. The van der Waals surface area contributed by atoms with Crippen molar-refractivity contribution < 1.29 is 23.4 Å². The first-order chi connectivity index (χ1) is 7.88. The predicted octanol–water partition coefficient (Wildman–Crippen LogP) is -0.762. The lowest BCUT2D eigenvalue weighted by Gasteiger charge is -2.08. The monoisotopic (exact) mass is 260 g/mol. The smallest absolute Gasteiger partial charge is 0.337 e. The van der Waals surface area contributed by atoms with Gasteiger partial charge in [0.05, 0.1) is 17.1 Å². The molecule has 0 amide bonds. The number of aliphatic hydroxyl groups is 1. The van der Waals surface area contributed by atoms with Crippen LogP contribution in [0, 0.1) is 0 Å². The van der Waals surface area contributed by atoms with Crippen molar-refractivity contribution in [3.8, 4) is 0 Å². The summed E-state index contributed by atoms with van der Waals surface area (Å²) in [7, 11) is -3.96. The van der Waals surface area contributed by atoms with E-state index in [2.05, 4.69) is 4.72 Å². The third kappa shape index (κ3) is 3.16. The van der Waals surface area contributed by atoms with Crippen molar-refractivity contribution >= 4 is 21.7 Å². The van der Waals surface area contributed by atoms with Crippen molar-refractivity contribution in [2.24, 2.45) is 0 Å². The Kier molecular flexibility index (Phi) is 4.05. The van der Waals surface area contributed by atoms with Gasteiger partial charge in [-0.25, -0.2) is 17.9 Å². The van der Waals surface area contributed by atoms with Gasteiger partial charge in [-0.3, -0.25) is 0 Å². The van der Waals surface area contributed by atoms with Crippen LogP contribution in [0.1, 0.15) is 10.4 Å². The number of carbonyl (C=O) groups is 1. The molecule has 7 nitrogen and oxygen atoms in total. The Morgan fingerprint density at radius 1 is 1.41 bits per heavy atom. The molecule has 0 heterocycles. The minimum Gasteiger partial charge on any atom is -0.478 e. The lowest BCUT2D eigenvalue weighted by molar-refractivity contribution is 0.0692. The highest BCUT2D eigenvalue weighted by atomic mass is 32.2. The summed E-state index contributed by atoms with van der Waals surface area (Å²) in [6, 6.07) is 3.47. The number of hydrogen-bond donors (Lipinski definition) is 4. The van der Waals surface area contributed by atoms with E-state index in [0.29, 0.717) is 0 Å². The second-order valence-electron chi connectivity index (χ2n) is 3.18. The van der Waals surface area contributed by atoms with Crippen LogP contribution < -0.4 is 10.5 Å². The van der Waals surface area contributed by atoms with E-state index in [9.17, 15) is 13.2 Å². The lowest BCUT2D eigenvalue weighted by Crippen LogP contribution is -2.28. The third-order valence-electron chi connectivity index (χ3n) is 1.93. The summed E-state index contributed by atoms with van der Waals surface area (Å²) in [4.78, 5) is 10.5. The molecule has 0 atom stereocenters. The molecule has 0 saturated heterocycles. The molecule has 0 fully saturated rings. The SMILES string of the molecule is Nc1ccc(S(=O)(=O)NCCO)c(C(=O)O)c1. The summed E-state index contributed by atoms with van der Waals surface area (Å²) in [5.41, 5.74) is 5.14. The van der Waals surface area contributed by atoms with Gasteiger partial charge in [0.1, 0.15) is 0 Å². The Balaban J connectivity index is 3.26. The number of hydrogen-bond acceptors (Lipinski definition) is 5. The second kappa shape index (κ2) is 5.13. The maximum absolute atomic E-state index is 11.7. The van der Waals surface area contributed by atoms with Crippen LogP contribution >= 0.6 is 0 Å². The van der Waals surface area contributed by atoms with Gasteiger partial charge in [-0.15, -0.1) is 0 Å². The zero-order valence-corrected chi connectivity index (χ0v) is 9.57. The highest BCUT2D eigenvalue weighted by molar-refractivity contribution is 7.89. The fourth-order valence-corrected chi connectivity index (χ4v) is 2.41. The van der Waals surface area contributed by atoms with Crippen molar-refractivity contribution in [1.82, 2.24) is 4.72 Å². The average Bonchev–Trinajstić information content (AvgIpc) is 2.26. The molecule has 1 aromatic rings. The fraction of sp³-hybridized carbons (Fsp3) is 0.222. The molecule has 0 saturated carbocycles. The van der Waals surface area contributed by atoms with E-state index in [1.165, 1.54) is 6.07 Å². The fourth-order valence-electron chi connectivity index (χ4n) is 1.21. The van der Waals surface area contributed by atoms with E-state index in [0.717, 1.165) is 12.1 Å². The van der Waals surface area contributed by atoms with Crippen LogP contribution in [-0.4, -0.2) is 37.8 Å². The van der Waals surface area contributed by atoms with Gasteiger partial charge in [0.15, 0.2) is 0 Å². The molecule has 94 valence electrons. The first-order valence-electron chi connectivity index (χ1n) is 4.62. The summed E-state index contributed by atoms with van der Waals surface area (Å²) in [5, 5.41) is 17.4. The van der Waals surface area contributed by atoms with Gasteiger partial charge in [-0.05, 0) is 18.2 Å². The Morgan fingerprint density at radius 2 is 2.06 bits per heavy atom. The normalized spacial score (nSPS) is 11.4. The molecular formula is C9H12N2O5S. The van der Waals surface area contributed by atoms with Crippen LogP contribution in [0.2, 0.25) is 0 Å². The number of nitrogens with one attached hydrogen (secondary N) is 1. The van der Waals surface area contributed by atoms with Crippen LogP contribution in [-0.2, 0) is 10.0 Å². The van der Waals surface area contributed by atoms with E-state index in [1.54, 1.807) is 0 Å². The number of benzene rings is 1. The van der Waals surface area contributed by atoms with Gasteiger partial charge in [-0.2, -0.15) is 0 Å². The van der Waals surface area contributed by atoms with E-state index in [-0.39, 0.29) is 23.7 Å². The number of anilines is 1. The molecule has 0 aromatic heterocycles. The number of carboxylic acid groups (broad SMARTS) is 1. The van der Waals surface area contributed by atoms with Gasteiger partial charge < -0.3 is 15.9 Å². The van der Waals surface area contributed by atoms with E-state index in [4.69, 9.17) is 15.9 Å². The first kappa shape index (κ1) is 13.4. The van der Waals surface area contributed by atoms with Crippen LogP contribution in [0.15, 0.2) is 23.1 Å². The van der Waals surface area contributed by atoms with Gasteiger partial charge in [0, 0.05) is 12.2 Å². The third-order valence-corrected chi connectivity index (χ3v) is 3.45. The molecule has 1 aromatic carbocycles. The summed E-state index contributed by atoms with van der Waals surface area (Å²) < 4.78 is 25.5. The quantitative estimate of drug-likeness (QED) is 0.515. The molecule has 5 N–H and O–H groups in total. The first-order valence-corrected chi connectivity index (χ1v) is 6.10. The molecule has 0 radical (unpaired) electrons. The molecule has 1 rings (SSSR count). The zero-order chi connectivity index (χ0) is 13.1. The maximum Gasteiger partial charge on any atom is 0.337 e. The molecule has 0 spiro atoms. The van der Waals surface area contributed by atoms with Gasteiger partial charge in [-0.1, -0.05) is 0 Å². The Morgan fingerprint density at radius 3 is 2.59 bits per heavy atom. The molecule has 8 heteroatoms. The Hall–Kier alpha value is -1.64. The molecule has 0 aliphatic carbocycles. The number of aliphatic hydroxyl groups excluding tert-OH is 1. The van der Waals surface area contributed by atoms with Crippen molar-refractivity contribution in [2.45, 2.75) is 4.90 Å². The van der Waals surface area contributed by atoms with Gasteiger partial charge >= 0.3 is 5.97 Å². The molecule has 17 heavy (non-hydrogen) atoms. The number of aromatic carboxylic acids is 1. The topological polar surface area (TPSA) is 130 Å². The minimum atomic E-state index is -3.96. The predicted molar refractivity (Wildman–Crippen MR) is 60.1 cm³/mol. The summed E-state index contributed by atoms with van der Waals surface area (Å²) in [5.74, 6) is -1.39. The van der Waals surface area contributed by atoms with Crippen molar-refractivity contribution in [3.05, 3.63) is 23.8 Å². The Labute approximate surface area is 97.9 Å². The summed E-state index contributed by atoms with van der Waals surface area (Å²) in [6.45, 7) is -0.567. The van der Waals surface area contributed by atoms with Crippen LogP contribution in [0.3, 0.4) is 0 Å². The molecular weight excluding hydrogens is 248 g/mol. The second-order valence-corrected chi connectivity index (χ2v) is 4.92. The average molecular weight is 260 g/mol. The number of rotatable bonds is 5. The zero-order valence-electron chi connectivity index (χ0n) is 8.75. The summed E-state index contributed by atoms with van der Waals surface area (Å²) >= 11 is 0. The maximum atomic E-state index is 11.7. The number of sulfonamides is 1. The number of nitrogen functional groups attached to an aromatic ring is 1. The molecule has 0 unspecified atom stereocenters. The van der Waals surface area contributed by atoms with E-state index < -0.39 is 21.6 Å². The standard InChI is InChI=1S/C9H12N2O5S/c10-6-1-2-8(7(5-6)9(13)14)17(15,16)11-3-4-12/h1-2,5,11-12H,3-4,10H2,(H,13,14). The van der Waals surface area contributed by atoms with E-state index in [1.807, 2.05) is 0 Å². The largest absolute Gasteiger partial charge is 0.478 e. The van der Waals surface area contributed by atoms with Crippen molar-refractivity contribution in [1.29, 1.82) is 0 Å². The van der Waals surface area contributed by atoms with Crippen LogP contribution in [0.25, 0.3) is 0 Å². The molecule has 0 aliphatic rings. The molecule has 0 aliphatic heterocycles. The van der Waals surface area contributed by atoms with Crippen molar-refractivity contribution in [3.63, 3.8) is 0 Å². The number of carboxylic acids is 1. The van der Waals surface area contributed by atoms with Gasteiger partial charge in [0.25, 0.3) is 0 Å². The highest BCUT2D eigenvalue weighted by Crippen LogP contribution is 2.18. The van der Waals surface area contributed by atoms with Crippen LogP contribution in [0.4, 0.5) is 5.69 Å².